The zero-order valence-electron chi connectivity index (χ0n) is 12.6. The molecule has 2 atom stereocenters. The summed E-state index contributed by atoms with van der Waals surface area (Å²) >= 11 is 5.18. The summed E-state index contributed by atoms with van der Waals surface area (Å²) < 4.78 is 1.09. The van der Waals surface area contributed by atoms with E-state index in [1.54, 1.807) is 30.3 Å². The van der Waals surface area contributed by atoms with E-state index in [1.165, 1.54) is 4.88 Å². The van der Waals surface area contributed by atoms with Crippen molar-refractivity contribution in [3.05, 3.63) is 20.8 Å². The maximum Gasteiger partial charge on any atom is 0.236 e. The summed E-state index contributed by atoms with van der Waals surface area (Å²) in [4.78, 5) is 17.0. The molecule has 20 heavy (non-hydrogen) atoms. The fraction of sp³-hybridized carbons (Fsp3) is 0.643. The van der Waals surface area contributed by atoms with E-state index < -0.39 is 0 Å². The Morgan fingerprint density at radius 1 is 1.45 bits per heavy atom. The largest absolute Gasteiger partial charge is 0.348 e. The van der Waals surface area contributed by atoms with Crippen LogP contribution in [0, 0.1) is 0 Å². The van der Waals surface area contributed by atoms with E-state index in [1.807, 2.05) is 13.0 Å². The van der Waals surface area contributed by atoms with Crippen LogP contribution in [0.25, 0.3) is 0 Å². The number of halogens is 1. The summed E-state index contributed by atoms with van der Waals surface area (Å²) in [7, 11) is 3.57. The van der Waals surface area contributed by atoms with Crippen LogP contribution in [-0.4, -0.2) is 48.9 Å². The molecule has 0 aromatic carbocycles. The maximum atomic E-state index is 12.0. The van der Waals surface area contributed by atoms with Crippen LogP contribution in [0.4, 0.5) is 0 Å². The smallest absolute Gasteiger partial charge is 0.236 e. The molecule has 0 aliphatic heterocycles. The third-order valence-electron chi connectivity index (χ3n) is 3.12. The van der Waals surface area contributed by atoms with Crippen molar-refractivity contribution in [2.75, 3.05) is 27.2 Å². The van der Waals surface area contributed by atoms with Gasteiger partial charge >= 0.3 is 0 Å². The van der Waals surface area contributed by atoms with Gasteiger partial charge in [0.2, 0.25) is 5.91 Å². The van der Waals surface area contributed by atoms with Crippen LogP contribution in [0.5, 0.6) is 0 Å². The molecule has 1 rings (SSSR count). The van der Waals surface area contributed by atoms with Crippen molar-refractivity contribution in [1.82, 2.24) is 9.80 Å². The van der Waals surface area contributed by atoms with Crippen molar-refractivity contribution < 1.29 is 4.79 Å². The number of amides is 1. The number of thiophene rings is 1. The average molecular weight is 362 g/mol. The first-order chi connectivity index (χ1) is 9.36. The van der Waals surface area contributed by atoms with Gasteiger partial charge in [-0.2, -0.15) is 0 Å². The molecule has 0 aliphatic carbocycles. The quantitative estimate of drug-likeness (QED) is 0.811. The van der Waals surface area contributed by atoms with Gasteiger partial charge in [-0.05, 0) is 48.0 Å². The van der Waals surface area contributed by atoms with E-state index in [0.29, 0.717) is 6.54 Å². The molecule has 0 aliphatic rings. The average Bonchev–Trinajstić information content (AvgIpc) is 2.75. The van der Waals surface area contributed by atoms with Crippen LogP contribution < -0.4 is 5.73 Å². The van der Waals surface area contributed by atoms with E-state index in [9.17, 15) is 4.79 Å². The zero-order valence-corrected chi connectivity index (χ0v) is 15.0. The van der Waals surface area contributed by atoms with E-state index in [-0.39, 0.29) is 18.0 Å². The number of hydrogen-bond donors (Lipinski definition) is 1. The second-order valence-electron chi connectivity index (χ2n) is 5.20. The molecule has 2 N–H and O–H groups in total. The van der Waals surface area contributed by atoms with Gasteiger partial charge in [-0.3, -0.25) is 9.69 Å². The van der Waals surface area contributed by atoms with Crippen molar-refractivity contribution in [2.45, 2.75) is 32.4 Å². The molecule has 0 spiro atoms. The summed E-state index contributed by atoms with van der Waals surface area (Å²) in [5.41, 5.74) is 6.19. The molecule has 1 aromatic rings. The number of nitrogens with zero attached hydrogens (tertiary/aromatic N) is 2. The van der Waals surface area contributed by atoms with Gasteiger partial charge in [-0.25, -0.2) is 0 Å². The lowest BCUT2D eigenvalue weighted by atomic mass is 10.1. The number of rotatable bonds is 7. The lowest BCUT2D eigenvalue weighted by Crippen LogP contribution is -2.44. The summed E-state index contributed by atoms with van der Waals surface area (Å²) in [6.45, 7) is 5.39. The SMILES string of the molecule is CCCN(CC(=O)N(C)C)C(c1ccc(Br)s1)C(C)N. The first-order valence-electron chi connectivity index (χ1n) is 6.81. The molecule has 114 valence electrons. The van der Waals surface area contributed by atoms with Crippen LogP contribution in [-0.2, 0) is 4.79 Å². The van der Waals surface area contributed by atoms with E-state index >= 15 is 0 Å². The number of carbonyl (C=O) groups is 1. The molecular weight excluding hydrogens is 338 g/mol. The van der Waals surface area contributed by atoms with Crippen molar-refractivity contribution in [3.63, 3.8) is 0 Å². The summed E-state index contributed by atoms with van der Waals surface area (Å²) in [5.74, 6) is 0.111. The molecule has 0 fully saturated rings. The summed E-state index contributed by atoms with van der Waals surface area (Å²) in [6.07, 6.45) is 0.997. The molecule has 1 amide bonds. The number of hydrogen-bond acceptors (Lipinski definition) is 4. The Morgan fingerprint density at radius 2 is 2.10 bits per heavy atom. The van der Waals surface area contributed by atoms with Crippen molar-refractivity contribution >= 4 is 33.2 Å². The Balaban J connectivity index is 2.97. The second kappa shape index (κ2) is 8.12. The molecule has 0 bridgehead atoms. The Bertz CT molecular complexity index is 434. The minimum absolute atomic E-state index is 0.0259. The highest BCUT2D eigenvalue weighted by atomic mass is 79.9. The molecule has 1 heterocycles. The van der Waals surface area contributed by atoms with Crippen molar-refractivity contribution in [3.8, 4) is 0 Å². The Kier molecular flexibility index (Phi) is 7.15. The van der Waals surface area contributed by atoms with Crippen LogP contribution in [0.3, 0.4) is 0 Å². The molecular formula is C14H24BrN3OS. The van der Waals surface area contributed by atoms with Gasteiger partial charge < -0.3 is 10.6 Å². The number of likely N-dealkylation sites (N-methyl/N-ethyl adjacent to an activating group) is 1. The first-order valence-corrected chi connectivity index (χ1v) is 8.42. The van der Waals surface area contributed by atoms with Crippen LogP contribution >= 0.6 is 27.3 Å². The fourth-order valence-electron chi connectivity index (χ4n) is 2.18. The predicted octanol–water partition coefficient (Wildman–Crippen LogP) is 2.70. The molecule has 0 radical (unpaired) electrons. The summed E-state index contributed by atoms with van der Waals surface area (Å²) in [5, 5.41) is 0. The zero-order chi connectivity index (χ0) is 15.3. The van der Waals surface area contributed by atoms with Gasteiger partial charge in [0, 0.05) is 25.0 Å². The highest BCUT2D eigenvalue weighted by Crippen LogP contribution is 2.32. The predicted molar refractivity (Wildman–Crippen MR) is 89.0 cm³/mol. The normalized spacial score (nSPS) is 14.3. The standard InChI is InChI=1S/C14H24BrN3OS/c1-5-8-18(9-13(19)17(3)4)14(10(2)16)11-6-7-12(15)20-11/h6-7,10,14H,5,8-9,16H2,1-4H3. The molecule has 0 saturated carbocycles. The Hall–Kier alpha value is -0.430. The van der Waals surface area contributed by atoms with E-state index in [2.05, 4.69) is 33.8 Å². The maximum absolute atomic E-state index is 12.0. The minimum atomic E-state index is -0.0259. The van der Waals surface area contributed by atoms with E-state index in [0.717, 1.165) is 16.8 Å². The second-order valence-corrected chi connectivity index (χ2v) is 7.70. The summed E-state index contributed by atoms with van der Waals surface area (Å²) in [6, 6.07) is 4.18. The van der Waals surface area contributed by atoms with Gasteiger partial charge in [0.1, 0.15) is 0 Å². The lowest BCUT2D eigenvalue weighted by Gasteiger charge is -2.33. The van der Waals surface area contributed by atoms with Crippen LogP contribution in [0.2, 0.25) is 0 Å². The fourth-order valence-corrected chi connectivity index (χ4v) is 3.85. The third kappa shape index (κ3) is 4.84. The number of nitrogens with two attached hydrogens (primary N) is 1. The van der Waals surface area contributed by atoms with Gasteiger partial charge in [0.25, 0.3) is 0 Å². The Labute approximate surface area is 134 Å². The van der Waals surface area contributed by atoms with Gasteiger partial charge in [-0.1, -0.05) is 6.92 Å². The highest BCUT2D eigenvalue weighted by Gasteiger charge is 2.27. The van der Waals surface area contributed by atoms with Gasteiger partial charge in [0.15, 0.2) is 0 Å². The van der Waals surface area contributed by atoms with Crippen molar-refractivity contribution in [2.24, 2.45) is 5.73 Å². The van der Waals surface area contributed by atoms with Gasteiger partial charge in [0.05, 0.1) is 16.4 Å². The third-order valence-corrected chi connectivity index (χ3v) is 4.82. The lowest BCUT2D eigenvalue weighted by molar-refractivity contribution is -0.130. The minimum Gasteiger partial charge on any atom is -0.348 e. The molecule has 0 saturated heterocycles. The monoisotopic (exact) mass is 361 g/mol. The molecule has 2 unspecified atom stereocenters. The molecule has 1 aromatic heterocycles. The van der Waals surface area contributed by atoms with Crippen LogP contribution in [0.1, 0.15) is 31.2 Å². The first kappa shape index (κ1) is 17.6. The number of carbonyl (C=O) groups excluding carboxylic acids is 1. The molecule has 4 nitrogen and oxygen atoms in total. The topological polar surface area (TPSA) is 49.6 Å². The van der Waals surface area contributed by atoms with Crippen LogP contribution in [0.15, 0.2) is 15.9 Å². The van der Waals surface area contributed by atoms with Gasteiger partial charge in [-0.15, -0.1) is 11.3 Å². The molecule has 6 heteroatoms. The highest BCUT2D eigenvalue weighted by molar-refractivity contribution is 9.11. The van der Waals surface area contributed by atoms with Crippen molar-refractivity contribution in [1.29, 1.82) is 0 Å². The van der Waals surface area contributed by atoms with E-state index in [4.69, 9.17) is 5.73 Å². The Morgan fingerprint density at radius 3 is 2.50 bits per heavy atom.